The average molecular weight is 559 g/mol. The number of carbonyl (C=O) groups excluding carboxylic acids is 3. The summed E-state index contributed by atoms with van der Waals surface area (Å²) in [5.74, 6) is -1.60. The summed E-state index contributed by atoms with van der Waals surface area (Å²) in [6.45, 7) is 2.36. The fourth-order valence-electron chi connectivity index (χ4n) is 4.72. The molecule has 0 radical (unpaired) electrons. The topological polar surface area (TPSA) is 114 Å². The molecule has 9 heteroatoms. The predicted molar refractivity (Wildman–Crippen MR) is 155 cm³/mol. The van der Waals surface area contributed by atoms with E-state index in [1.54, 1.807) is 4.90 Å². The second-order valence-corrected chi connectivity index (χ2v) is 10.3. The molecule has 3 amide bonds. The molecule has 0 bridgehead atoms. The Bertz CT molecular complexity index is 1270. The molecule has 216 valence electrons. The highest BCUT2D eigenvalue weighted by atomic mass is 16.5. The minimum atomic E-state index is -1.89. The van der Waals surface area contributed by atoms with Crippen LogP contribution in [0, 0.1) is 0 Å². The Morgan fingerprint density at radius 2 is 1.32 bits per heavy atom. The highest BCUT2D eigenvalue weighted by Gasteiger charge is 2.47. The number of hydrogen-bond acceptors (Lipinski definition) is 6. The van der Waals surface area contributed by atoms with Gasteiger partial charge in [-0.1, -0.05) is 91.0 Å². The van der Waals surface area contributed by atoms with Crippen LogP contribution in [0.3, 0.4) is 0 Å². The molecule has 0 aromatic heterocycles. The van der Waals surface area contributed by atoms with Gasteiger partial charge in [-0.3, -0.25) is 14.4 Å². The maximum absolute atomic E-state index is 14.3. The molecule has 9 nitrogen and oxygen atoms in total. The minimum absolute atomic E-state index is 0.0239. The van der Waals surface area contributed by atoms with Crippen LogP contribution in [-0.4, -0.2) is 72.6 Å². The summed E-state index contributed by atoms with van der Waals surface area (Å²) in [6, 6.07) is 27.9. The van der Waals surface area contributed by atoms with Crippen LogP contribution in [0.4, 0.5) is 0 Å². The second-order valence-electron chi connectivity index (χ2n) is 10.3. The molecule has 3 N–H and O–H groups in total. The molecule has 1 aliphatic rings. The van der Waals surface area contributed by atoms with Gasteiger partial charge in [0.1, 0.15) is 6.10 Å². The van der Waals surface area contributed by atoms with Crippen LogP contribution in [0.1, 0.15) is 23.1 Å². The van der Waals surface area contributed by atoms with Gasteiger partial charge in [0.25, 0.3) is 5.91 Å². The first-order valence-electron chi connectivity index (χ1n) is 13.8. The van der Waals surface area contributed by atoms with Crippen LogP contribution >= 0.6 is 0 Å². The molecular formula is C32H38N4O5. The number of benzene rings is 3. The molecule has 0 spiro atoms. The van der Waals surface area contributed by atoms with Crippen LogP contribution in [0.15, 0.2) is 91.0 Å². The number of carbonyl (C=O) groups is 3. The number of piperazine rings is 1. The molecule has 0 saturated carbocycles. The fourth-order valence-corrected chi connectivity index (χ4v) is 4.72. The Kier molecular flexibility index (Phi) is 10.6. The monoisotopic (exact) mass is 558 g/mol. The van der Waals surface area contributed by atoms with E-state index in [-0.39, 0.29) is 26.1 Å². The number of primary amides is 1. The first-order valence-corrected chi connectivity index (χ1v) is 13.8. The lowest BCUT2D eigenvalue weighted by Gasteiger charge is -2.41. The second kappa shape index (κ2) is 14.5. The number of rotatable bonds is 13. The zero-order valence-corrected chi connectivity index (χ0v) is 23.4. The summed E-state index contributed by atoms with van der Waals surface area (Å²) in [5.41, 5.74) is 6.33. The summed E-state index contributed by atoms with van der Waals surface area (Å²) < 4.78 is 12.3. The molecule has 1 saturated heterocycles. The van der Waals surface area contributed by atoms with Crippen LogP contribution in [0.2, 0.25) is 0 Å². The fraction of sp³-hybridized carbons (Fsp3) is 0.344. The van der Waals surface area contributed by atoms with Gasteiger partial charge in [-0.05, 0) is 23.7 Å². The summed E-state index contributed by atoms with van der Waals surface area (Å²) in [6.07, 6.45) is -1.47. The molecule has 2 atom stereocenters. The van der Waals surface area contributed by atoms with Gasteiger partial charge in [0.15, 0.2) is 0 Å². The van der Waals surface area contributed by atoms with Crippen molar-refractivity contribution >= 4 is 17.7 Å². The van der Waals surface area contributed by atoms with E-state index in [0.717, 1.165) is 16.7 Å². The zero-order valence-electron chi connectivity index (χ0n) is 23.4. The normalized spacial score (nSPS) is 16.0. The van der Waals surface area contributed by atoms with Crippen LogP contribution in [0.25, 0.3) is 0 Å². The Morgan fingerprint density at radius 1 is 0.805 bits per heavy atom. The van der Waals surface area contributed by atoms with E-state index >= 15 is 0 Å². The molecule has 1 heterocycles. The van der Waals surface area contributed by atoms with Crippen molar-refractivity contribution < 1.29 is 23.9 Å². The van der Waals surface area contributed by atoms with E-state index in [1.807, 2.05) is 98.0 Å². The Hall–Kier alpha value is -4.05. The summed E-state index contributed by atoms with van der Waals surface area (Å²) in [7, 11) is 1.99. The Morgan fingerprint density at radius 3 is 1.85 bits per heavy atom. The van der Waals surface area contributed by atoms with Gasteiger partial charge in [0.05, 0.1) is 19.6 Å². The molecule has 3 aromatic carbocycles. The van der Waals surface area contributed by atoms with E-state index < -0.39 is 29.6 Å². The highest BCUT2D eigenvalue weighted by molar-refractivity contribution is 5.92. The van der Waals surface area contributed by atoms with Gasteiger partial charge in [0, 0.05) is 32.6 Å². The molecule has 1 aliphatic heterocycles. The van der Waals surface area contributed by atoms with Crippen molar-refractivity contribution in [3.8, 4) is 0 Å². The van der Waals surface area contributed by atoms with Gasteiger partial charge >= 0.3 is 0 Å². The lowest BCUT2D eigenvalue weighted by Crippen LogP contribution is -2.65. The minimum Gasteiger partial charge on any atom is -0.367 e. The Balaban J connectivity index is 1.66. The maximum Gasteiger partial charge on any atom is 0.276 e. The predicted octanol–water partition coefficient (Wildman–Crippen LogP) is 2.49. The smallest absolute Gasteiger partial charge is 0.276 e. The number of likely N-dealkylation sites (N-methyl/N-ethyl adjacent to an activating group) is 1. The summed E-state index contributed by atoms with van der Waals surface area (Å²) >= 11 is 0. The molecule has 4 rings (SSSR count). The number of hydrogen-bond donors (Lipinski definition) is 2. The molecular weight excluding hydrogens is 520 g/mol. The van der Waals surface area contributed by atoms with Gasteiger partial charge in [-0.15, -0.1) is 0 Å². The first kappa shape index (κ1) is 29.9. The van der Waals surface area contributed by atoms with E-state index in [9.17, 15) is 14.4 Å². The van der Waals surface area contributed by atoms with Crippen molar-refractivity contribution in [2.75, 3.05) is 33.2 Å². The van der Waals surface area contributed by atoms with Crippen molar-refractivity contribution in [2.45, 2.75) is 37.9 Å². The highest BCUT2D eigenvalue weighted by Crippen LogP contribution is 2.25. The van der Waals surface area contributed by atoms with Crippen LogP contribution < -0.4 is 11.1 Å². The molecule has 3 aromatic rings. The Labute approximate surface area is 241 Å². The summed E-state index contributed by atoms with van der Waals surface area (Å²) in [5, 5.41) is 2.89. The summed E-state index contributed by atoms with van der Waals surface area (Å²) in [4.78, 5) is 44.3. The van der Waals surface area contributed by atoms with E-state index in [1.165, 1.54) is 0 Å². The van der Waals surface area contributed by atoms with Gasteiger partial charge in [0.2, 0.25) is 17.5 Å². The van der Waals surface area contributed by atoms with Gasteiger partial charge in [-0.2, -0.15) is 0 Å². The number of nitrogens with zero attached hydrogens (tertiary/aromatic N) is 2. The van der Waals surface area contributed by atoms with E-state index in [0.29, 0.717) is 26.2 Å². The maximum atomic E-state index is 14.3. The number of nitrogens with two attached hydrogens (primary N) is 1. The van der Waals surface area contributed by atoms with E-state index in [2.05, 4.69) is 10.2 Å². The van der Waals surface area contributed by atoms with Crippen LogP contribution in [0.5, 0.6) is 0 Å². The quantitative estimate of drug-likeness (QED) is 0.312. The third-order valence-corrected chi connectivity index (χ3v) is 7.10. The number of ether oxygens (including phenoxy) is 2. The lowest BCUT2D eigenvalue weighted by atomic mass is 10.00. The molecule has 0 aliphatic carbocycles. The zero-order chi connectivity index (χ0) is 29.1. The average Bonchev–Trinajstić information content (AvgIpc) is 2.99. The van der Waals surface area contributed by atoms with Crippen LogP contribution in [-0.2, 0) is 43.5 Å². The lowest BCUT2D eigenvalue weighted by molar-refractivity contribution is -0.180. The largest absolute Gasteiger partial charge is 0.367 e. The molecule has 1 fully saturated rings. The third-order valence-electron chi connectivity index (χ3n) is 7.10. The van der Waals surface area contributed by atoms with Crippen molar-refractivity contribution in [2.24, 2.45) is 5.73 Å². The first-order chi connectivity index (χ1) is 19.8. The van der Waals surface area contributed by atoms with Crippen molar-refractivity contribution in [1.82, 2.24) is 15.1 Å². The standard InChI is InChI=1S/C32H38N4O5/c1-35-17-19-36(20-18-35)31(39)32(41-24-27-15-9-4-10-16-27,34-29(37)21-25-11-5-2-6-12-25)22-28(30(33)38)40-23-26-13-7-3-8-14-26/h2-16,28H,17-24H2,1H3,(H2,33,38)(H,34,37)/t28?,32-/m1/s1. The van der Waals surface area contributed by atoms with Gasteiger partial charge < -0.3 is 30.3 Å². The van der Waals surface area contributed by atoms with Crippen molar-refractivity contribution in [3.63, 3.8) is 0 Å². The molecule has 1 unspecified atom stereocenters. The van der Waals surface area contributed by atoms with Gasteiger partial charge in [-0.25, -0.2) is 0 Å². The molecule has 41 heavy (non-hydrogen) atoms. The SMILES string of the molecule is CN1CCN(C(=O)[C@](CC(OCc2ccccc2)C(N)=O)(NC(=O)Cc2ccccc2)OCc2ccccc2)CC1. The van der Waals surface area contributed by atoms with Crippen molar-refractivity contribution in [3.05, 3.63) is 108 Å². The van der Waals surface area contributed by atoms with E-state index in [4.69, 9.17) is 15.2 Å². The van der Waals surface area contributed by atoms with Crippen molar-refractivity contribution in [1.29, 1.82) is 0 Å². The number of nitrogens with one attached hydrogen (secondary N) is 1. The number of amides is 3. The third kappa shape index (κ3) is 8.72.